The van der Waals surface area contributed by atoms with Crippen molar-refractivity contribution in [3.63, 3.8) is 0 Å². The lowest BCUT2D eigenvalue weighted by molar-refractivity contribution is -0.128. The standard InChI is InChI=1S/C20H22N4O2/c1-23-11-9-14(20(23)26)8-7-13-4-2-5-15(12-13)19-22-17(18(21)25)16-6-3-10-24(16)19/h2,4-5,12,14,18,25H,3,6,9-11,21H2,1H3. The van der Waals surface area contributed by atoms with Crippen molar-refractivity contribution in [3.8, 4) is 23.2 Å². The number of hydrogen-bond acceptors (Lipinski definition) is 4. The minimum atomic E-state index is -1.06. The second-order valence-electron chi connectivity index (χ2n) is 6.92. The molecule has 3 heterocycles. The van der Waals surface area contributed by atoms with Gasteiger partial charge in [-0.25, -0.2) is 4.98 Å². The molecule has 0 aliphatic carbocycles. The average Bonchev–Trinajstić information content (AvgIpc) is 3.30. The second kappa shape index (κ2) is 6.60. The maximum absolute atomic E-state index is 12.0. The summed E-state index contributed by atoms with van der Waals surface area (Å²) in [7, 11) is 1.81. The molecule has 1 saturated heterocycles. The van der Waals surface area contributed by atoms with Crippen molar-refractivity contribution in [2.24, 2.45) is 11.7 Å². The third kappa shape index (κ3) is 2.90. The fourth-order valence-electron chi connectivity index (χ4n) is 3.73. The third-order valence-corrected chi connectivity index (χ3v) is 5.12. The zero-order valence-corrected chi connectivity index (χ0v) is 14.8. The number of likely N-dealkylation sites (tertiary alicyclic amines) is 1. The molecule has 0 radical (unpaired) electrons. The third-order valence-electron chi connectivity index (χ3n) is 5.12. The van der Waals surface area contributed by atoms with E-state index in [1.807, 2.05) is 31.3 Å². The summed E-state index contributed by atoms with van der Waals surface area (Å²) in [6.45, 7) is 1.64. The number of amides is 1. The number of aliphatic hydroxyl groups excluding tert-OH is 1. The minimum absolute atomic E-state index is 0.0984. The Bertz CT molecular complexity index is 920. The minimum Gasteiger partial charge on any atom is -0.373 e. The van der Waals surface area contributed by atoms with Crippen molar-refractivity contribution in [1.82, 2.24) is 14.5 Å². The van der Waals surface area contributed by atoms with Crippen LogP contribution < -0.4 is 5.73 Å². The number of rotatable bonds is 2. The van der Waals surface area contributed by atoms with E-state index in [9.17, 15) is 9.90 Å². The summed E-state index contributed by atoms with van der Waals surface area (Å²) in [5, 5.41) is 9.80. The van der Waals surface area contributed by atoms with Gasteiger partial charge in [-0.15, -0.1) is 0 Å². The molecule has 6 nitrogen and oxygen atoms in total. The maximum Gasteiger partial charge on any atom is 0.237 e. The molecule has 2 aliphatic heterocycles. The summed E-state index contributed by atoms with van der Waals surface area (Å²) in [5.41, 5.74) is 9.06. The predicted octanol–water partition coefficient (Wildman–Crippen LogP) is 1.28. The Morgan fingerprint density at radius 2 is 2.23 bits per heavy atom. The van der Waals surface area contributed by atoms with Gasteiger partial charge in [0.25, 0.3) is 0 Å². The van der Waals surface area contributed by atoms with Crippen LogP contribution in [-0.2, 0) is 17.8 Å². The number of aromatic nitrogens is 2. The molecule has 1 fully saturated rings. The summed E-state index contributed by atoms with van der Waals surface area (Å²) in [6.07, 6.45) is 1.64. The van der Waals surface area contributed by atoms with Crippen LogP contribution in [0.25, 0.3) is 11.4 Å². The van der Waals surface area contributed by atoms with E-state index in [0.717, 1.165) is 55.0 Å². The first-order valence-corrected chi connectivity index (χ1v) is 8.94. The summed E-state index contributed by atoms with van der Waals surface area (Å²) in [6, 6.07) is 7.85. The Labute approximate surface area is 152 Å². The normalized spacial score (nSPS) is 20.0. The quantitative estimate of drug-likeness (QED) is 0.631. The molecule has 2 unspecified atom stereocenters. The van der Waals surface area contributed by atoms with Crippen LogP contribution in [0.15, 0.2) is 24.3 Å². The molecule has 1 aromatic heterocycles. The number of carbonyl (C=O) groups excluding carboxylic acids is 1. The molecule has 6 heteroatoms. The van der Waals surface area contributed by atoms with E-state index < -0.39 is 6.23 Å². The van der Waals surface area contributed by atoms with Crippen molar-refractivity contribution >= 4 is 5.91 Å². The van der Waals surface area contributed by atoms with Crippen molar-refractivity contribution in [2.45, 2.75) is 32.0 Å². The van der Waals surface area contributed by atoms with Gasteiger partial charge in [0.2, 0.25) is 5.91 Å². The molecule has 4 rings (SSSR count). The van der Waals surface area contributed by atoms with Crippen LogP contribution in [0.4, 0.5) is 0 Å². The van der Waals surface area contributed by atoms with E-state index >= 15 is 0 Å². The summed E-state index contributed by atoms with van der Waals surface area (Å²) in [5.74, 6) is 6.95. The lowest BCUT2D eigenvalue weighted by Crippen LogP contribution is -2.21. The molecule has 2 atom stereocenters. The number of hydrogen-bond donors (Lipinski definition) is 2. The van der Waals surface area contributed by atoms with Gasteiger partial charge in [-0.05, 0) is 31.4 Å². The van der Waals surface area contributed by atoms with Gasteiger partial charge in [0.15, 0.2) is 0 Å². The number of fused-ring (bicyclic) bond motifs is 1. The highest BCUT2D eigenvalue weighted by Gasteiger charge is 2.27. The highest BCUT2D eigenvalue weighted by Crippen LogP contribution is 2.30. The Kier molecular flexibility index (Phi) is 4.27. The Morgan fingerprint density at radius 1 is 1.38 bits per heavy atom. The first-order chi connectivity index (χ1) is 12.5. The van der Waals surface area contributed by atoms with Gasteiger partial charge >= 0.3 is 0 Å². The van der Waals surface area contributed by atoms with Gasteiger partial charge in [0.05, 0.1) is 0 Å². The van der Waals surface area contributed by atoms with Crippen LogP contribution in [0.2, 0.25) is 0 Å². The van der Waals surface area contributed by atoms with E-state index in [1.165, 1.54) is 0 Å². The molecule has 0 bridgehead atoms. The van der Waals surface area contributed by atoms with E-state index in [-0.39, 0.29) is 11.8 Å². The fraction of sp³-hybridized carbons (Fsp3) is 0.400. The molecule has 134 valence electrons. The Morgan fingerprint density at radius 3 is 2.96 bits per heavy atom. The van der Waals surface area contributed by atoms with E-state index in [4.69, 9.17) is 5.73 Å². The summed E-state index contributed by atoms with van der Waals surface area (Å²) in [4.78, 5) is 18.3. The average molecular weight is 350 g/mol. The number of benzene rings is 1. The molecule has 3 N–H and O–H groups in total. The van der Waals surface area contributed by atoms with Gasteiger partial charge in [-0.3, -0.25) is 4.79 Å². The lowest BCUT2D eigenvalue weighted by Gasteiger charge is -2.06. The van der Waals surface area contributed by atoms with Crippen LogP contribution in [0.3, 0.4) is 0 Å². The van der Waals surface area contributed by atoms with Crippen LogP contribution in [0.5, 0.6) is 0 Å². The molecule has 26 heavy (non-hydrogen) atoms. The van der Waals surface area contributed by atoms with Gasteiger partial charge in [0, 0.05) is 37.0 Å². The van der Waals surface area contributed by atoms with Crippen LogP contribution in [0.1, 0.15) is 36.0 Å². The maximum atomic E-state index is 12.0. The molecular formula is C20H22N4O2. The van der Waals surface area contributed by atoms with Gasteiger partial charge < -0.3 is 20.3 Å². The predicted molar refractivity (Wildman–Crippen MR) is 97.8 cm³/mol. The topological polar surface area (TPSA) is 84.4 Å². The van der Waals surface area contributed by atoms with Gasteiger partial charge in [0.1, 0.15) is 23.7 Å². The number of nitrogens with zero attached hydrogens (tertiary/aromatic N) is 3. The highest BCUT2D eigenvalue weighted by atomic mass is 16.3. The van der Waals surface area contributed by atoms with E-state index in [1.54, 1.807) is 4.90 Å². The SMILES string of the molecule is CN1CCC(C#Cc2cccc(-c3nc(C(N)O)c4n3CCC4)c2)C1=O. The Balaban J connectivity index is 1.66. The molecule has 0 spiro atoms. The summed E-state index contributed by atoms with van der Waals surface area (Å²) >= 11 is 0. The van der Waals surface area contributed by atoms with Gasteiger partial charge in [-0.1, -0.05) is 24.0 Å². The van der Waals surface area contributed by atoms with Gasteiger partial charge in [-0.2, -0.15) is 0 Å². The zero-order valence-electron chi connectivity index (χ0n) is 14.8. The number of carbonyl (C=O) groups is 1. The van der Waals surface area contributed by atoms with Crippen molar-refractivity contribution in [2.75, 3.05) is 13.6 Å². The Hall–Kier alpha value is -2.62. The number of nitrogens with two attached hydrogens (primary N) is 1. The highest BCUT2D eigenvalue weighted by molar-refractivity contribution is 5.83. The monoisotopic (exact) mass is 350 g/mol. The van der Waals surface area contributed by atoms with Crippen molar-refractivity contribution in [1.29, 1.82) is 0 Å². The number of aliphatic hydroxyl groups is 1. The number of imidazole rings is 1. The largest absolute Gasteiger partial charge is 0.373 e. The molecule has 2 aliphatic rings. The molecule has 0 saturated carbocycles. The summed E-state index contributed by atoms with van der Waals surface area (Å²) < 4.78 is 2.13. The zero-order chi connectivity index (χ0) is 18.3. The molecule has 2 aromatic rings. The molecular weight excluding hydrogens is 328 g/mol. The second-order valence-corrected chi connectivity index (χ2v) is 6.92. The van der Waals surface area contributed by atoms with Crippen LogP contribution in [-0.4, -0.2) is 39.1 Å². The molecule has 1 aromatic carbocycles. The van der Waals surface area contributed by atoms with E-state index in [0.29, 0.717) is 5.69 Å². The first-order valence-electron chi connectivity index (χ1n) is 8.94. The van der Waals surface area contributed by atoms with Crippen molar-refractivity contribution < 1.29 is 9.90 Å². The smallest absolute Gasteiger partial charge is 0.237 e. The van der Waals surface area contributed by atoms with Crippen LogP contribution in [0, 0.1) is 17.8 Å². The van der Waals surface area contributed by atoms with Crippen LogP contribution >= 0.6 is 0 Å². The first kappa shape index (κ1) is 16.8. The van der Waals surface area contributed by atoms with E-state index in [2.05, 4.69) is 21.4 Å². The molecule has 1 amide bonds. The fourth-order valence-corrected chi connectivity index (χ4v) is 3.73. The lowest BCUT2D eigenvalue weighted by atomic mass is 10.1. The van der Waals surface area contributed by atoms with Crippen molar-refractivity contribution in [3.05, 3.63) is 41.2 Å².